The molecule has 0 aliphatic carbocycles. The fourth-order valence-electron chi connectivity index (χ4n) is 3.54. The van der Waals surface area contributed by atoms with Gasteiger partial charge in [-0.1, -0.05) is 24.4 Å². The van der Waals surface area contributed by atoms with E-state index in [1.54, 1.807) is 0 Å². The van der Waals surface area contributed by atoms with Crippen molar-refractivity contribution in [3.8, 4) is 0 Å². The summed E-state index contributed by atoms with van der Waals surface area (Å²) >= 11 is 5.63. The molecule has 1 fully saturated rings. The first-order chi connectivity index (χ1) is 13.8. The first-order valence-corrected chi connectivity index (χ1v) is 9.47. The number of amides is 2. The van der Waals surface area contributed by atoms with Gasteiger partial charge >= 0.3 is 12.2 Å². The summed E-state index contributed by atoms with van der Waals surface area (Å²) in [6, 6.07) is 11.0. The molecule has 0 spiro atoms. The molecule has 2 aromatic rings. The van der Waals surface area contributed by atoms with Crippen LogP contribution in [0.15, 0.2) is 53.5 Å². The van der Waals surface area contributed by atoms with Crippen LogP contribution in [0.3, 0.4) is 0 Å². The molecular weight excluding hydrogens is 401 g/mol. The van der Waals surface area contributed by atoms with Crippen molar-refractivity contribution in [2.45, 2.75) is 25.1 Å². The molecule has 0 bridgehead atoms. The van der Waals surface area contributed by atoms with Gasteiger partial charge in [0.15, 0.2) is 0 Å². The van der Waals surface area contributed by atoms with Crippen LogP contribution in [-0.4, -0.2) is 34.3 Å². The lowest BCUT2D eigenvalue weighted by atomic mass is 10.1. The van der Waals surface area contributed by atoms with Gasteiger partial charge in [0, 0.05) is 17.8 Å². The number of amidine groups is 1. The normalized spacial score (nSPS) is 18.4. The molecule has 29 heavy (non-hydrogen) atoms. The summed E-state index contributed by atoms with van der Waals surface area (Å²) in [7, 11) is 0. The molecule has 0 saturated carbocycles. The minimum Gasteiger partial charge on any atom is -0.352 e. The van der Waals surface area contributed by atoms with E-state index in [1.807, 2.05) is 24.3 Å². The van der Waals surface area contributed by atoms with Crippen molar-refractivity contribution in [1.29, 1.82) is 0 Å². The van der Waals surface area contributed by atoms with Gasteiger partial charge in [0.05, 0.1) is 17.3 Å². The Labute approximate surface area is 170 Å². The fraction of sp³-hybridized carbons (Fsp3) is 0.250. The number of aliphatic imine (C=N–C) groups is 1. The lowest BCUT2D eigenvalue weighted by molar-refractivity contribution is -0.137. The van der Waals surface area contributed by atoms with Crippen molar-refractivity contribution in [1.82, 2.24) is 10.2 Å². The highest BCUT2D eigenvalue weighted by atomic mass is 32.1. The van der Waals surface area contributed by atoms with E-state index in [9.17, 15) is 18.0 Å². The number of hydrogen-bond donors (Lipinski definition) is 2. The van der Waals surface area contributed by atoms with E-state index in [0.717, 1.165) is 37.1 Å². The second-order valence-electron chi connectivity index (χ2n) is 6.82. The minimum atomic E-state index is -4.42. The Morgan fingerprint density at radius 1 is 1.10 bits per heavy atom. The second-order valence-corrected chi connectivity index (χ2v) is 7.21. The summed E-state index contributed by atoms with van der Waals surface area (Å²) < 4.78 is 38.0. The zero-order valence-electron chi connectivity index (χ0n) is 15.2. The molecule has 2 aliphatic heterocycles. The van der Waals surface area contributed by atoms with Crippen LogP contribution in [0.4, 0.5) is 29.3 Å². The molecule has 0 aromatic heterocycles. The van der Waals surface area contributed by atoms with Crippen molar-refractivity contribution >= 4 is 40.4 Å². The molecule has 1 saturated heterocycles. The maximum atomic E-state index is 12.7. The lowest BCUT2D eigenvalue weighted by Crippen LogP contribution is -2.47. The number of benzene rings is 2. The maximum Gasteiger partial charge on any atom is 0.416 e. The number of nitrogens with one attached hydrogen (secondary N) is 2. The predicted octanol–water partition coefficient (Wildman–Crippen LogP) is 4.71. The average Bonchev–Trinajstić information content (AvgIpc) is 3.13. The third-order valence-corrected chi connectivity index (χ3v) is 5.37. The molecule has 4 rings (SSSR count). The maximum absolute atomic E-state index is 12.7. The largest absolute Gasteiger partial charge is 0.416 e. The standard InChI is InChI=1S/C20H17F3N4OS/c21-20(22,23)12-7-9-13(10-8-12)24-19(28)26-17-16-6-3-11-27(16)18(29)14-4-1-2-5-15(14)25-17/h1-2,4-5,7-10,16H,3,6,11H2,(H2,24,25,26,28)/t16-/m0/s1. The number of halogens is 3. The third-order valence-electron chi connectivity index (χ3n) is 4.92. The minimum absolute atomic E-state index is 0.145. The van der Waals surface area contributed by atoms with Gasteiger partial charge in [-0.3, -0.25) is 5.32 Å². The summed E-state index contributed by atoms with van der Waals surface area (Å²) in [6.07, 6.45) is -2.70. The van der Waals surface area contributed by atoms with Crippen LogP contribution < -0.4 is 10.6 Å². The van der Waals surface area contributed by atoms with Crippen molar-refractivity contribution in [2.24, 2.45) is 4.99 Å². The topological polar surface area (TPSA) is 56.7 Å². The van der Waals surface area contributed by atoms with E-state index >= 15 is 0 Å². The molecule has 2 heterocycles. The van der Waals surface area contributed by atoms with Crippen molar-refractivity contribution in [3.05, 3.63) is 59.7 Å². The van der Waals surface area contributed by atoms with Crippen LogP contribution >= 0.6 is 12.2 Å². The molecule has 1 atom stereocenters. The molecular formula is C20H17F3N4OS. The van der Waals surface area contributed by atoms with E-state index in [4.69, 9.17) is 12.2 Å². The SMILES string of the molecule is O=C(NC1=Nc2ccccc2C(=S)N2CCC[C@@H]12)Nc1ccc(C(F)(F)F)cc1. The Morgan fingerprint density at radius 3 is 2.55 bits per heavy atom. The number of rotatable bonds is 1. The summed E-state index contributed by atoms with van der Waals surface area (Å²) in [4.78, 5) is 19.9. The zero-order valence-corrected chi connectivity index (χ0v) is 16.0. The van der Waals surface area contributed by atoms with Crippen LogP contribution in [0.25, 0.3) is 0 Å². The summed E-state index contributed by atoms with van der Waals surface area (Å²) in [6.45, 7) is 0.777. The van der Waals surface area contributed by atoms with Gasteiger partial charge in [-0.2, -0.15) is 13.2 Å². The number of thiocarbonyl (C=S) groups is 1. The molecule has 150 valence electrons. The highest BCUT2D eigenvalue weighted by molar-refractivity contribution is 7.80. The number of hydrogen-bond acceptors (Lipinski definition) is 3. The molecule has 0 unspecified atom stereocenters. The second kappa shape index (κ2) is 7.47. The Bertz CT molecular complexity index is 988. The monoisotopic (exact) mass is 418 g/mol. The van der Waals surface area contributed by atoms with Crippen LogP contribution in [0, 0.1) is 0 Å². The van der Waals surface area contributed by atoms with Crippen molar-refractivity contribution < 1.29 is 18.0 Å². The smallest absolute Gasteiger partial charge is 0.352 e. The number of para-hydroxylation sites is 1. The average molecular weight is 418 g/mol. The molecule has 2 aliphatic rings. The Balaban J connectivity index is 1.54. The van der Waals surface area contributed by atoms with Gasteiger partial charge in [-0.05, 0) is 49.2 Å². The summed E-state index contributed by atoms with van der Waals surface area (Å²) in [5, 5.41) is 5.32. The quantitative estimate of drug-likeness (QED) is 0.660. The van der Waals surface area contributed by atoms with E-state index in [1.165, 1.54) is 12.1 Å². The van der Waals surface area contributed by atoms with Crippen molar-refractivity contribution in [3.63, 3.8) is 0 Å². The van der Waals surface area contributed by atoms with Crippen LogP contribution in [0.2, 0.25) is 0 Å². The Kier molecular flexibility index (Phi) is 4.99. The number of carbonyl (C=O) groups is 1. The number of fused-ring (bicyclic) bond motifs is 2. The van der Waals surface area contributed by atoms with Gasteiger partial charge in [-0.25, -0.2) is 9.79 Å². The molecule has 5 nitrogen and oxygen atoms in total. The van der Waals surface area contributed by atoms with E-state index in [0.29, 0.717) is 16.5 Å². The van der Waals surface area contributed by atoms with Crippen LogP contribution in [-0.2, 0) is 6.18 Å². The van der Waals surface area contributed by atoms with Gasteiger partial charge in [-0.15, -0.1) is 0 Å². The van der Waals surface area contributed by atoms with Gasteiger partial charge < -0.3 is 10.2 Å². The molecule has 2 aromatic carbocycles. The van der Waals surface area contributed by atoms with Crippen LogP contribution in [0.5, 0.6) is 0 Å². The van der Waals surface area contributed by atoms with Crippen molar-refractivity contribution in [2.75, 3.05) is 11.9 Å². The molecule has 0 radical (unpaired) electrons. The van der Waals surface area contributed by atoms with E-state index in [-0.39, 0.29) is 11.7 Å². The van der Waals surface area contributed by atoms with Crippen LogP contribution in [0.1, 0.15) is 24.0 Å². The highest BCUT2D eigenvalue weighted by Gasteiger charge is 2.35. The number of urea groups is 1. The molecule has 9 heteroatoms. The highest BCUT2D eigenvalue weighted by Crippen LogP contribution is 2.31. The number of alkyl halides is 3. The summed E-state index contributed by atoms with van der Waals surface area (Å²) in [5.74, 6) is 0.471. The molecule has 2 amide bonds. The Hall–Kier alpha value is -2.94. The zero-order chi connectivity index (χ0) is 20.6. The summed E-state index contributed by atoms with van der Waals surface area (Å²) in [5.41, 5.74) is 0.998. The first-order valence-electron chi connectivity index (χ1n) is 9.07. The Morgan fingerprint density at radius 2 is 1.83 bits per heavy atom. The van der Waals surface area contributed by atoms with Gasteiger partial charge in [0.1, 0.15) is 10.8 Å². The third kappa shape index (κ3) is 3.95. The number of anilines is 1. The van der Waals surface area contributed by atoms with E-state index in [2.05, 4.69) is 20.5 Å². The van der Waals surface area contributed by atoms with Gasteiger partial charge in [0.2, 0.25) is 0 Å². The fourth-order valence-corrected chi connectivity index (χ4v) is 3.93. The molecule has 2 N–H and O–H groups in total. The number of nitrogens with zero attached hydrogens (tertiary/aromatic N) is 2. The van der Waals surface area contributed by atoms with Gasteiger partial charge in [0.25, 0.3) is 0 Å². The first kappa shape index (κ1) is 19.4. The van der Waals surface area contributed by atoms with E-state index < -0.39 is 17.8 Å². The number of carbonyl (C=O) groups excluding carboxylic acids is 1. The lowest BCUT2D eigenvalue weighted by Gasteiger charge is -2.26. The predicted molar refractivity (Wildman–Crippen MR) is 109 cm³/mol.